The molecule has 4 rings (SSSR count). The average molecular weight is 436 g/mol. The Bertz CT molecular complexity index is 1220. The standard InChI is InChI=1S/C23H25N5O2S/c1-3-4-14-28-21(16-9-11-17(30-2)12-10-16)26-27-23(28)31-15-13-20-24-19-8-6-5-7-18(19)22(29)25-20/h5-12H,3-4,13-15H2,1-2H3,(H,24,25,29). The summed E-state index contributed by atoms with van der Waals surface area (Å²) < 4.78 is 7.43. The zero-order valence-electron chi connectivity index (χ0n) is 17.7. The fraction of sp³-hybridized carbons (Fsp3) is 0.304. The lowest BCUT2D eigenvalue weighted by molar-refractivity contribution is 0.415. The molecule has 0 saturated heterocycles. The van der Waals surface area contributed by atoms with Gasteiger partial charge in [-0.05, 0) is 42.8 Å². The van der Waals surface area contributed by atoms with Crippen LogP contribution in [0.5, 0.6) is 5.75 Å². The fourth-order valence-corrected chi connectivity index (χ4v) is 4.27. The second-order valence-electron chi connectivity index (χ2n) is 7.17. The molecule has 0 bridgehead atoms. The number of ether oxygens (including phenoxy) is 1. The lowest BCUT2D eigenvalue weighted by atomic mass is 10.2. The third kappa shape index (κ3) is 4.80. The van der Waals surface area contributed by atoms with Crippen molar-refractivity contribution < 1.29 is 4.74 Å². The Morgan fingerprint density at radius 3 is 2.68 bits per heavy atom. The number of hydrogen-bond donors (Lipinski definition) is 1. The molecule has 2 aromatic carbocycles. The van der Waals surface area contributed by atoms with Crippen molar-refractivity contribution in [3.63, 3.8) is 0 Å². The molecule has 2 aromatic heterocycles. The molecule has 0 amide bonds. The summed E-state index contributed by atoms with van der Waals surface area (Å²) in [5.41, 5.74) is 1.63. The minimum atomic E-state index is -0.0986. The smallest absolute Gasteiger partial charge is 0.258 e. The number of rotatable bonds is 9. The summed E-state index contributed by atoms with van der Waals surface area (Å²) in [6, 6.07) is 15.3. The van der Waals surface area contributed by atoms with Crippen LogP contribution >= 0.6 is 11.8 Å². The summed E-state index contributed by atoms with van der Waals surface area (Å²) in [7, 11) is 1.66. The van der Waals surface area contributed by atoms with Gasteiger partial charge in [-0.1, -0.05) is 37.2 Å². The molecule has 4 aromatic rings. The Hall–Kier alpha value is -3.13. The third-order valence-corrected chi connectivity index (χ3v) is 6.00. The number of hydrogen-bond acceptors (Lipinski definition) is 6. The first-order valence-corrected chi connectivity index (χ1v) is 11.4. The van der Waals surface area contributed by atoms with Crippen molar-refractivity contribution >= 4 is 22.7 Å². The number of aryl methyl sites for hydroxylation is 1. The maximum absolute atomic E-state index is 12.3. The number of nitrogens with zero attached hydrogens (tertiary/aromatic N) is 4. The fourth-order valence-electron chi connectivity index (χ4n) is 3.36. The highest BCUT2D eigenvalue weighted by Crippen LogP contribution is 2.26. The Kier molecular flexibility index (Phi) is 6.66. The molecule has 0 atom stereocenters. The number of methoxy groups -OCH3 is 1. The molecule has 8 heteroatoms. The summed E-state index contributed by atoms with van der Waals surface area (Å²) in [6.45, 7) is 3.03. The summed E-state index contributed by atoms with van der Waals surface area (Å²) in [4.78, 5) is 19.8. The van der Waals surface area contributed by atoms with E-state index in [2.05, 4.69) is 31.7 Å². The Labute approximate surface area is 184 Å². The van der Waals surface area contributed by atoms with Crippen molar-refractivity contribution in [3.8, 4) is 17.1 Å². The molecule has 0 aliphatic carbocycles. The van der Waals surface area contributed by atoms with Crippen molar-refractivity contribution in [2.45, 2.75) is 37.9 Å². The van der Waals surface area contributed by atoms with Gasteiger partial charge in [0, 0.05) is 24.3 Å². The predicted octanol–water partition coefficient (Wildman–Crippen LogP) is 4.33. The van der Waals surface area contributed by atoms with E-state index in [0.29, 0.717) is 17.6 Å². The largest absolute Gasteiger partial charge is 0.497 e. The van der Waals surface area contributed by atoms with Crippen LogP contribution in [0.1, 0.15) is 25.6 Å². The number of aromatic nitrogens is 5. The minimum absolute atomic E-state index is 0.0986. The van der Waals surface area contributed by atoms with Crippen LogP contribution in [0.2, 0.25) is 0 Å². The summed E-state index contributed by atoms with van der Waals surface area (Å²) in [5, 5.41) is 10.4. The molecule has 0 aliphatic heterocycles. The highest BCUT2D eigenvalue weighted by atomic mass is 32.2. The molecule has 0 spiro atoms. The van der Waals surface area contributed by atoms with E-state index in [-0.39, 0.29) is 5.56 Å². The molecular weight excluding hydrogens is 410 g/mol. The topological polar surface area (TPSA) is 85.7 Å². The monoisotopic (exact) mass is 435 g/mol. The molecule has 1 N–H and O–H groups in total. The highest BCUT2D eigenvalue weighted by Gasteiger charge is 2.14. The van der Waals surface area contributed by atoms with Gasteiger partial charge >= 0.3 is 0 Å². The third-order valence-electron chi connectivity index (χ3n) is 5.03. The van der Waals surface area contributed by atoms with E-state index in [4.69, 9.17) is 4.74 Å². The van der Waals surface area contributed by atoms with Crippen LogP contribution in [-0.2, 0) is 13.0 Å². The van der Waals surface area contributed by atoms with Gasteiger partial charge < -0.3 is 14.3 Å². The number of nitrogens with one attached hydrogen (secondary N) is 1. The molecule has 0 saturated carbocycles. The molecule has 7 nitrogen and oxygen atoms in total. The van der Waals surface area contributed by atoms with Gasteiger partial charge in [-0.25, -0.2) is 4.98 Å². The maximum Gasteiger partial charge on any atom is 0.258 e. The Balaban J connectivity index is 1.51. The van der Waals surface area contributed by atoms with Crippen LogP contribution < -0.4 is 10.3 Å². The molecule has 31 heavy (non-hydrogen) atoms. The first kappa shape index (κ1) is 21.1. The normalized spacial score (nSPS) is 11.2. The van der Waals surface area contributed by atoms with E-state index in [1.54, 1.807) is 24.9 Å². The van der Waals surface area contributed by atoms with Gasteiger partial charge in [-0.3, -0.25) is 4.79 Å². The lowest BCUT2D eigenvalue weighted by Crippen LogP contribution is -2.12. The quantitative estimate of drug-likeness (QED) is 0.394. The number of para-hydroxylation sites is 1. The van der Waals surface area contributed by atoms with E-state index < -0.39 is 0 Å². The van der Waals surface area contributed by atoms with Crippen LogP contribution in [0.25, 0.3) is 22.3 Å². The van der Waals surface area contributed by atoms with Crippen LogP contribution in [-0.4, -0.2) is 37.6 Å². The average Bonchev–Trinajstić information content (AvgIpc) is 3.20. The number of benzene rings is 2. The van der Waals surface area contributed by atoms with Gasteiger partial charge in [0.25, 0.3) is 5.56 Å². The molecule has 0 unspecified atom stereocenters. The van der Waals surface area contributed by atoms with Crippen molar-refractivity contribution in [3.05, 3.63) is 64.7 Å². The first-order chi connectivity index (χ1) is 15.2. The van der Waals surface area contributed by atoms with Crippen LogP contribution in [0, 0.1) is 0 Å². The summed E-state index contributed by atoms with van der Waals surface area (Å²) >= 11 is 1.63. The number of fused-ring (bicyclic) bond motifs is 1. The minimum Gasteiger partial charge on any atom is -0.497 e. The highest BCUT2D eigenvalue weighted by molar-refractivity contribution is 7.99. The van der Waals surface area contributed by atoms with E-state index in [0.717, 1.165) is 52.9 Å². The second kappa shape index (κ2) is 9.78. The molecule has 2 heterocycles. The van der Waals surface area contributed by atoms with Crippen LogP contribution in [0.4, 0.5) is 0 Å². The molecule has 0 fully saturated rings. The zero-order valence-corrected chi connectivity index (χ0v) is 18.5. The van der Waals surface area contributed by atoms with Crippen molar-refractivity contribution in [1.29, 1.82) is 0 Å². The van der Waals surface area contributed by atoms with Crippen molar-refractivity contribution in [1.82, 2.24) is 24.7 Å². The van der Waals surface area contributed by atoms with E-state index >= 15 is 0 Å². The van der Waals surface area contributed by atoms with Gasteiger partial charge in [-0.2, -0.15) is 0 Å². The molecule has 0 aliphatic rings. The van der Waals surface area contributed by atoms with Crippen molar-refractivity contribution in [2.24, 2.45) is 0 Å². The van der Waals surface area contributed by atoms with Crippen molar-refractivity contribution in [2.75, 3.05) is 12.9 Å². The number of thioether (sulfide) groups is 1. The van der Waals surface area contributed by atoms with Crippen LogP contribution in [0.3, 0.4) is 0 Å². The van der Waals surface area contributed by atoms with Gasteiger partial charge in [-0.15, -0.1) is 10.2 Å². The maximum atomic E-state index is 12.3. The lowest BCUT2D eigenvalue weighted by Gasteiger charge is -2.10. The predicted molar refractivity (Wildman–Crippen MR) is 124 cm³/mol. The van der Waals surface area contributed by atoms with E-state index in [1.807, 2.05) is 42.5 Å². The van der Waals surface area contributed by atoms with Gasteiger partial charge in [0.05, 0.1) is 18.0 Å². The summed E-state index contributed by atoms with van der Waals surface area (Å²) in [6.07, 6.45) is 2.78. The van der Waals surface area contributed by atoms with Crippen LogP contribution in [0.15, 0.2) is 58.5 Å². The molecular formula is C23H25N5O2S. The zero-order chi connectivity index (χ0) is 21.6. The number of H-pyrrole nitrogens is 1. The SMILES string of the molecule is CCCCn1c(SCCc2nc3ccccc3c(=O)[nH]2)nnc1-c1ccc(OC)cc1. The number of aromatic amines is 1. The second-order valence-corrected chi connectivity index (χ2v) is 8.23. The van der Waals surface area contributed by atoms with E-state index in [9.17, 15) is 4.79 Å². The van der Waals surface area contributed by atoms with Gasteiger partial charge in [0.15, 0.2) is 11.0 Å². The van der Waals surface area contributed by atoms with E-state index in [1.165, 1.54) is 0 Å². The number of unbranched alkanes of at least 4 members (excludes halogenated alkanes) is 1. The first-order valence-electron chi connectivity index (χ1n) is 10.4. The summed E-state index contributed by atoms with van der Waals surface area (Å²) in [5.74, 6) is 3.10. The molecule has 160 valence electrons. The molecule has 0 radical (unpaired) electrons. The van der Waals surface area contributed by atoms with Gasteiger partial charge in [0.1, 0.15) is 11.6 Å². The van der Waals surface area contributed by atoms with Gasteiger partial charge in [0.2, 0.25) is 0 Å². The Morgan fingerprint density at radius 1 is 1.10 bits per heavy atom. The Morgan fingerprint density at radius 2 is 1.90 bits per heavy atom.